The molecule has 2 aromatic carbocycles. The molecule has 2 bridgehead atoms. The Morgan fingerprint density at radius 1 is 1.25 bits per heavy atom. The van der Waals surface area contributed by atoms with E-state index in [1.54, 1.807) is 18.3 Å². The molecule has 0 radical (unpaired) electrons. The molecule has 4 aromatic rings. The van der Waals surface area contributed by atoms with Gasteiger partial charge in [0.2, 0.25) is 0 Å². The van der Waals surface area contributed by atoms with E-state index in [2.05, 4.69) is 15.2 Å². The van der Waals surface area contributed by atoms with Gasteiger partial charge in [-0.2, -0.15) is 9.97 Å². The number of hydrogen-bond acceptors (Lipinski definition) is 8. The number of aromatic nitrogens is 3. The lowest BCUT2D eigenvalue weighted by molar-refractivity contribution is 0.107. The highest BCUT2D eigenvalue weighted by Gasteiger charge is 2.49. The molecule has 7 heterocycles. The van der Waals surface area contributed by atoms with Crippen molar-refractivity contribution in [2.75, 3.05) is 37.6 Å². The van der Waals surface area contributed by atoms with Gasteiger partial charge in [-0.3, -0.25) is 14.3 Å². The van der Waals surface area contributed by atoms with Gasteiger partial charge in [0.1, 0.15) is 35.7 Å². The minimum absolute atomic E-state index is 0.0655. The predicted molar refractivity (Wildman–Crippen MR) is 164 cm³/mol. The summed E-state index contributed by atoms with van der Waals surface area (Å²) in [6.07, 6.45) is 1.90. The fraction of sp³-hybridized carbons (Fsp3) is 0.485. The second-order valence-electron chi connectivity index (χ2n) is 12.5. The van der Waals surface area contributed by atoms with Crippen LogP contribution in [0.5, 0.6) is 11.8 Å². The van der Waals surface area contributed by atoms with Crippen molar-refractivity contribution >= 4 is 27.5 Å². The van der Waals surface area contributed by atoms with Crippen molar-refractivity contribution in [3.8, 4) is 17.4 Å². The molecule has 9 nitrogen and oxygen atoms in total. The van der Waals surface area contributed by atoms with Crippen molar-refractivity contribution in [1.82, 2.24) is 24.8 Å². The summed E-state index contributed by atoms with van der Waals surface area (Å²) in [6, 6.07) is 7.96. The smallest absolute Gasteiger partial charge is 0.319 e. The van der Waals surface area contributed by atoms with Crippen molar-refractivity contribution in [2.24, 2.45) is 0 Å². The number of phenols is 1. The molecular weight excluding hydrogens is 566 g/mol. The number of nitrogens with one attached hydrogen (secondary N) is 1. The van der Waals surface area contributed by atoms with Crippen LogP contribution in [0.4, 0.5) is 14.6 Å². The Kier molecular flexibility index (Phi) is 5.77. The first kappa shape index (κ1) is 24.5. The molecule has 9 rings (SSSR count). The molecule has 5 saturated heterocycles. The number of piperidine rings is 2. The maximum atomic E-state index is 15.0. The number of aromatic hydroxyl groups is 1. The minimum Gasteiger partial charge on any atom is -0.508 e. The van der Waals surface area contributed by atoms with Gasteiger partial charge in [-0.15, -0.1) is 0 Å². The summed E-state index contributed by atoms with van der Waals surface area (Å²) in [7, 11) is 0. The number of alkyl halides is 1. The van der Waals surface area contributed by atoms with Gasteiger partial charge in [0.05, 0.1) is 18.0 Å². The fourth-order valence-electron chi connectivity index (χ4n) is 7.66. The molecule has 0 saturated carbocycles. The molecule has 2 N–H and O–H groups in total. The summed E-state index contributed by atoms with van der Waals surface area (Å²) in [6.45, 7) is 0.988. The maximum absolute atomic E-state index is 15.0. The molecule has 4 atom stereocenters. The largest absolute Gasteiger partial charge is 0.508 e. The van der Waals surface area contributed by atoms with E-state index in [-0.39, 0.29) is 55.4 Å². The molecule has 0 spiro atoms. The predicted octanol–water partition coefficient (Wildman–Crippen LogP) is 4.24. The van der Waals surface area contributed by atoms with Gasteiger partial charge in [0.25, 0.3) is 5.56 Å². The van der Waals surface area contributed by atoms with E-state index >= 15 is 0 Å². The van der Waals surface area contributed by atoms with Crippen molar-refractivity contribution in [3.63, 3.8) is 0 Å². The van der Waals surface area contributed by atoms with E-state index in [4.69, 9.17) is 13.8 Å². The molecule has 0 aliphatic carbocycles. The lowest BCUT2D eigenvalue weighted by Gasteiger charge is -2.46. The number of aryl methyl sites for hydroxylation is 1. The number of hydrogen-bond donors (Lipinski definition) is 2. The minimum atomic E-state index is -2.32. The SMILES string of the molecule is [2H]C1([2H])CC[C@@]2(COc3nc(N4CC5CCC4CN5)c4ccn(-c5cc(O)cc6ccc(F)c(CC)c56)c(=O)c4n3)C[C@@]([2H])(F)CN12. The van der Waals surface area contributed by atoms with Gasteiger partial charge < -0.3 is 20.1 Å². The van der Waals surface area contributed by atoms with Gasteiger partial charge in [0, 0.05) is 58.5 Å². The molecule has 5 fully saturated rings. The van der Waals surface area contributed by atoms with Crippen molar-refractivity contribution < 1.29 is 22.7 Å². The quantitative estimate of drug-likeness (QED) is 0.337. The van der Waals surface area contributed by atoms with Crippen LogP contribution in [-0.4, -0.2) is 81.0 Å². The maximum Gasteiger partial charge on any atom is 0.319 e. The highest BCUT2D eigenvalue weighted by molar-refractivity contribution is 5.95. The number of halogens is 2. The Morgan fingerprint density at radius 2 is 2.14 bits per heavy atom. The number of anilines is 1. The normalized spacial score (nSPS) is 30.4. The third-order valence-corrected chi connectivity index (χ3v) is 9.87. The van der Waals surface area contributed by atoms with E-state index in [9.17, 15) is 18.7 Å². The van der Waals surface area contributed by atoms with E-state index < -0.39 is 29.6 Å². The van der Waals surface area contributed by atoms with E-state index in [0.717, 1.165) is 19.4 Å². The molecular formula is C33H36F2N6O3. The van der Waals surface area contributed by atoms with Crippen LogP contribution >= 0.6 is 0 Å². The standard InChI is InChI=1S/C33H36F2N6O3/c1-2-24-26(35)7-4-19-12-23(42)13-27(28(19)24)40-11-8-25-29(31(40)43)37-32(38-30(25)41-17-21-5-6-22(41)15-36-21)44-18-33-9-3-10-39(33)16-20(34)14-33/h4,7-8,11-13,20-22,36,42H,2-3,5-6,9-10,14-18H2,1H3/t20-,21?,22?,33+/m1/s1/i10D2,20D. The number of nitrogens with zero attached hydrogens (tertiary/aromatic N) is 5. The average Bonchev–Trinajstić information content (AvgIpc) is 3.47. The second kappa shape index (κ2) is 10.4. The summed E-state index contributed by atoms with van der Waals surface area (Å²) in [5.41, 5.74) is -0.763. The Morgan fingerprint density at radius 3 is 2.91 bits per heavy atom. The Hall–Kier alpha value is -3.83. The van der Waals surface area contributed by atoms with E-state index in [0.29, 0.717) is 52.6 Å². The third-order valence-electron chi connectivity index (χ3n) is 9.87. The van der Waals surface area contributed by atoms with Crippen molar-refractivity contribution in [1.29, 1.82) is 0 Å². The highest BCUT2D eigenvalue weighted by atomic mass is 19.1. The van der Waals surface area contributed by atoms with Gasteiger partial charge in [-0.25, -0.2) is 8.78 Å². The molecule has 2 aromatic heterocycles. The second-order valence-corrected chi connectivity index (χ2v) is 12.5. The van der Waals surface area contributed by atoms with Crippen LogP contribution in [0, 0.1) is 5.82 Å². The molecule has 230 valence electrons. The average molecular weight is 606 g/mol. The number of ether oxygens (including phenoxy) is 1. The molecule has 2 unspecified atom stereocenters. The molecule has 5 aliphatic heterocycles. The Labute approximate surface area is 257 Å². The zero-order valence-corrected chi connectivity index (χ0v) is 24.4. The number of piperazine rings is 1. The van der Waals surface area contributed by atoms with Crippen LogP contribution < -0.4 is 20.5 Å². The van der Waals surface area contributed by atoms with Gasteiger partial charge in [-0.1, -0.05) is 13.0 Å². The van der Waals surface area contributed by atoms with Crippen LogP contribution in [0.1, 0.15) is 48.7 Å². The zero-order chi connectivity index (χ0) is 32.9. The number of pyridine rings is 1. The number of benzene rings is 2. The van der Waals surface area contributed by atoms with Crippen LogP contribution in [0.2, 0.25) is 0 Å². The molecule has 5 aliphatic rings. The highest BCUT2D eigenvalue weighted by Crippen LogP contribution is 2.41. The summed E-state index contributed by atoms with van der Waals surface area (Å²) in [4.78, 5) is 27.4. The lowest BCUT2D eigenvalue weighted by Crippen LogP contribution is -2.61. The first-order valence-electron chi connectivity index (χ1n) is 16.9. The Balaban J connectivity index is 1.28. The fourth-order valence-corrected chi connectivity index (χ4v) is 7.66. The third kappa shape index (κ3) is 4.34. The number of phenolic OH excluding ortho intramolecular Hbond substituents is 1. The first-order valence-corrected chi connectivity index (χ1v) is 15.4. The summed E-state index contributed by atoms with van der Waals surface area (Å²) in [5, 5.41) is 15.8. The van der Waals surface area contributed by atoms with E-state index in [1.165, 1.54) is 27.7 Å². The van der Waals surface area contributed by atoms with Crippen LogP contribution in [-0.2, 0) is 6.42 Å². The first-order chi connectivity index (χ1) is 22.4. The van der Waals surface area contributed by atoms with E-state index in [1.807, 2.05) is 6.92 Å². The summed E-state index contributed by atoms with van der Waals surface area (Å²) < 4.78 is 62.5. The van der Waals surface area contributed by atoms with Crippen molar-refractivity contribution in [3.05, 3.63) is 58.3 Å². The number of fused-ring (bicyclic) bond motifs is 6. The number of rotatable bonds is 6. The molecule has 44 heavy (non-hydrogen) atoms. The Bertz CT molecular complexity index is 1990. The summed E-state index contributed by atoms with van der Waals surface area (Å²) >= 11 is 0. The zero-order valence-electron chi connectivity index (χ0n) is 27.4. The summed E-state index contributed by atoms with van der Waals surface area (Å²) in [5.74, 6) is 0.0540. The van der Waals surface area contributed by atoms with Gasteiger partial charge in [-0.05, 0) is 67.7 Å². The van der Waals surface area contributed by atoms with Gasteiger partial charge in [0.15, 0.2) is 0 Å². The monoisotopic (exact) mass is 605 g/mol. The topological polar surface area (TPSA) is 95.8 Å². The molecule has 11 heteroatoms. The van der Waals surface area contributed by atoms with Crippen LogP contribution in [0.25, 0.3) is 27.4 Å². The molecule has 0 amide bonds. The van der Waals surface area contributed by atoms with Gasteiger partial charge >= 0.3 is 6.01 Å². The van der Waals surface area contributed by atoms with Crippen LogP contribution in [0.3, 0.4) is 0 Å². The lowest BCUT2D eigenvalue weighted by atomic mass is 9.93. The van der Waals surface area contributed by atoms with Crippen LogP contribution in [0.15, 0.2) is 41.3 Å². The van der Waals surface area contributed by atoms with Crippen molar-refractivity contribution in [2.45, 2.75) is 69.2 Å².